The van der Waals surface area contributed by atoms with Crippen molar-refractivity contribution in [2.45, 2.75) is 26.2 Å². The van der Waals surface area contributed by atoms with Gasteiger partial charge in [-0.15, -0.1) is 0 Å². The van der Waals surface area contributed by atoms with Crippen molar-refractivity contribution in [1.29, 1.82) is 0 Å². The number of nitrogens with one attached hydrogen (secondary N) is 1. The summed E-state index contributed by atoms with van der Waals surface area (Å²) >= 11 is 3.43. The van der Waals surface area contributed by atoms with E-state index in [1.54, 1.807) is 0 Å². The Morgan fingerprint density at radius 2 is 2.29 bits per heavy atom. The quantitative estimate of drug-likeness (QED) is 0.826. The molecular weight excluding hydrogens is 278 g/mol. The van der Waals surface area contributed by atoms with Crippen molar-refractivity contribution < 1.29 is 4.79 Å². The third kappa shape index (κ3) is 3.56. The van der Waals surface area contributed by atoms with Crippen LogP contribution in [0.3, 0.4) is 0 Å². The van der Waals surface area contributed by atoms with Crippen LogP contribution in [0.15, 0.2) is 24.3 Å². The monoisotopic (exact) mass is 295 g/mol. The van der Waals surface area contributed by atoms with Crippen LogP contribution in [0.1, 0.15) is 25.3 Å². The number of alkyl halides is 1. The maximum Gasteiger partial charge on any atom is 0.227 e. The van der Waals surface area contributed by atoms with E-state index in [0.717, 1.165) is 30.3 Å². The molecule has 0 aromatic heterocycles. The predicted octanol–water partition coefficient (Wildman–Crippen LogP) is 3.61. The Balaban J connectivity index is 1.93. The first-order valence-electron chi connectivity index (χ1n) is 6.16. The lowest BCUT2D eigenvalue weighted by atomic mass is 10.1. The van der Waals surface area contributed by atoms with Gasteiger partial charge in [-0.05, 0) is 42.9 Å². The molecule has 1 aromatic carbocycles. The van der Waals surface area contributed by atoms with E-state index >= 15 is 0 Å². The van der Waals surface area contributed by atoms with E-state index in [0.29, 0.717) is 5.92 Å². The lowest BCUT2D eigenvalue weighted by Gasteiger charge is -2.06. The van der Waals surface area contributed by atoms with Crippen LogP contribution in [0.4, 0.5) is 5.69 Å². The Kier molecular flexibility index (Phi) is 4.21. The number of aryl methyl sites for hydroxylation is 1. The zero-order valence-corrected chi connectivity index (χ0v) is 11.7. The Morgan fingerprint density at radius 1 is 1.53 bits per heavy atom. The highest BCUT2D eigenvalue weighted by molar-refractivity contribution is 9.09. The average molecular weight is 296 g/mol. The van der Waals surface area contributed by atoms with Crippen molar-refractivity contribution in [3.63, 3.8) is 0 Å². The standard InChI is InChI=1S/C14H18BrNO/c1-10-8-13(10)14(17)16-12-6-2-4-11(9-12)5-3-7-15/h2,4,6,9-10,13H,3,5,7-8H2,1H3,(H,16,17). The molecule has 2 nitrogen and oxygen atoms in total. The zero-order valence-electron chi connectivity index (χ0n) is 10.1. The van der Waals surface area contributed by atoms with E-state index in [1.807, 2.05) is 12.1 Å². The van der Waals surface area contributed by atoms with Crippen molar-refractivity contribution in [1.82, 2.24) is 0 Å². The van der Waals surface area contributed by atoms with E-state index in [9.17, 15) is 4.79 Å². The molecule has 17 heavy (non-hydrogen) atoms. The number of amides is 1. The zero-order chi connectivity index (χ0) is 12.3. The summed E-state index contributed by atoms with van der Waals surface area (Å²) in [7, 11) is 0. The maximum atomic E-state index is 11.8. The SMILES string of the molecule is CC1CC1C(=O)Nc1cccc(CCCBr)c1. The Bertz CT molecular complexity index is 405. The van der Waals surface area contributed by atoms with Gasteiger partial charge in [0.1, 0.15) is 0 Å². The Hall–Kier alpha value is -0.830. The molecule has 1 aliphatic carbocycles. The van der Waals surface area contributed by atoms with E-state index in [2.05, 4.69) is 40.3 Å². The van der Waals surface area contributed by atoms with Crippen molar-refractivity contribution in [3.8, 4) is 0 Å². The van der Waals surface area contributed by atoms with Gasteiger partial charge in [-0.2, -0.15) is 0 Å². The molecule has 1 fully saturated rings. The molecule has 0 saturated heterocycles. The second-order valence-electron chi connectivity index (χ2n) is 4.80. The second-order valence-corrected chi connectivity index (χ2v) is 5.59. The fourth-order valence-corrected chi connectivity index (χ4v) is 2.28. The molecule has 1 aliphatic rings. The third-order valence-electron chi connectivity index (χ3n) is 3.24. The number of hydrogen-bond donors (Lipinski definition) is 1. The highest BCUT2D eigenvalue weighted by Gasteiger charge is 2.38. The molecule has 1 amide bonds. The van der Waals surface area contributed by atoms with Crippen molar-refractivity contribution in [2.24, 2.45) is 11.8 Å². The van der Waals surface area contributed by atoms with Crippen LogP contribution in [-0.4, -0.2) is 11.2 Å². The van der Waals surface area contributed by atoms with Gasteiger partial charge in [-0.1, -0.05) is 35.0 Å². The topological polar surface area (TPSA) is 29.1 Å². The number of hydrogen-bond acceptors (Lipinski definition) is 1. The lowest BCUT2D eigenvalue weighted by molar-refractivity contribution is -0.117. The van der Waals surface area contributed by atoms with Crippen LogP contribution in [-0.2, 0) is 11.2 Å². The first-order chi connectivity index (χ1) is 8.20. The minimum Gasteiger partial charge on any atom is -0.326 e. The van der Waals surface area contributed by atoms with Crippen molar-refractivity contribution in [2.75, 3.05) is 10.6 Å². The van der Waals surface area contributed by atoms with E-state index in [4.69, 9.17) is 0 Å². The summed E-state index contributed by atoms with van der Waals surface area (Å²) in [6, 6.07) is 8.16. The predicted molar refractivity (Wildman–Crippen MR) is 74.5 cm³/mol. The molecular formula is C14H18BrNO. The fraction of sp³-hybridized carbons (Fsp3) is 0.500. The number of halogens is 1. The molecule has 1 saturated carbocycles. The largest absolute Gasteiger partial charge is 0.326 e. The van der Waals surface area contributed by atoms with E-state index in [-0.39, 0.29) is 11.8 Å². The van der Waals surface area contributed by atoms with Crippen LogP contribution < -0.4 is 5.32 Å². The van der Waals surface area contributed by atoms with Gasteiger partial charge >= 0.3 is 0 Å². The number of rotatable bonds is 5. The van der Waals surface area contributed by atoms with Crippen molar-refractivity contribution >= 4 is 27.5 Å². The molecule has 1 aromatic rings. The fourth-order valence-electron chi connectivity index (χ4n) is 2.00. The molecule has 2 rings (SSSR count). The highest BCUT2D eigenvalue weighted by atomic mass is 79.9. The van der Waals surface area contributed by atoms with Gasteiger partial charge in [-0.3, -0.25) is 4.79 Å². The Morgan fingerprint density at radius 3 is 2.94 bits per heavy atom. The molecule has 2 unspecified atom stereocenters. The number of anilines is 1. The van der Waals surface area contributed by atoms with Gasteiger partial charge in [0.2, 0.25) is 5.91 Å². The summed E-state index contributed by atoms with van der Waals surface area (Å²) in [5.41, 5.74) is 2.22. The summed E-state index contributed by atoms with van der Waals surface area (Å²) in [6.45, 7) is 2.12. The Labute approximate surface area is 111 Å². The first-order valence-corrected chi connectivity index (χ1v) is 7.28. The van der Waals surface area contributed by atoms with Crippen LogP contribution in [0.5, 0.6) is 0 Å². The summed E-state index contributed by atoms with van der Waals surface area (Å²) in [6.07, 6.45) is 3.21. The van der Waals surface area contributed by atoms with Crippen LogP contribution in [0, 0.1) is 11.8 Å². The minimum atomic E-state index is 0.176. The molecule has 1 N–H and O–H groups in total. The molecule has 0 spiro atoms. The first kappa shape index (κ1) is 12.6. The summed E-state index contributed by atoms with van der Waals surface area (Å²) < 4.78 is 0. The smallest absolute Gasteiger partial charge is 0.227 e. The molecule has 0 bridgehead atoms. The lowest BCUT2D eigenvalue weighted by Crippen LogP contribution is -2.14. The third-order valence-corrected chi connectivity index (χ3v) is 3.80. The van der Waals surface area contributed by atoms with Gasteiger partial charge in [0.05, 0.1) is 0 Å². The average Bonchev–Trinajstić information content (AvgIpc) is 3.04. The van der Waals surface area contributed by atoms with Crippen LogP contribution in [0.2, 0.25) is 0 Å². The number of carbonyl (C=O) groups is 1. The van der Waals surface area contributed by atoms with E-state index in [1.165, 1.54) is 5.56 Å². The second kappa shape index (κ2) is 5.67. The van der Waals surface area contributed by atoms with Gasteiger partial charge < -0.3 is 5.32 Å². The maximum absolute atomic E-state index is 11.8. The minimum absolute atomic E-state index is 0.176. The molecule has 0 heterocycles. The number of carbonyl (C=O) groups excluding carboxylic acids is 1. The van der Waals surface area contributed by atoms with Crippen LogP contribution in [0.25, 0.3) is 0 Å². The van der Waals surface area contributed by atoms with Gasteiger partial charge in [0.15, 0.2) is 0 Å². The van der Waals surface area contributed by atoms with Gasteiger partial charge in [-0.25, -0.2) is 0 Å². The molecule has 0 radical (unpaired) electrons. The van der Waals surface area contributed by atoms with Gasteiger partial charge in [0.25, 0.3) is 0 Å². The highest BCUT2D eigenvalue weighted by Crippen LogP contribution is 2.38. The summed E-state index contributed by atoms with van der Waals surface area (Å²) in [5.74, 6) is 0.975. The van der Waals surface area contributed by atoms with Crippen LogP contribution >= 0.6 is 15.9 Å². The normalized spacial score (nSPS) is 22.2. The molecule has 3 heteroatoms. The van der Waals surface area contributed by atoms with Crippen molar-refractivity contribution in [3.05, 3.63) is 29.8 Å². The summed E-state index contributed by atoms with van der Waals surface area (Å²) in [4.78, 5) is 11.8. The number of benzene rings is 1. The molecule has 92 valence electrons. The van der Waals surface area contributed by atoms with Gasteiger partial charge in [0, 0.05) is 16.9 Å². The van der Waals surface area contributed by atoms with E-state index < -0.39 is 0 Å². The summed E-state index contributed by atoms with van der Waals surface area (Å²) in [5, 5.41) is 4.02. The molecule has 2 atom stereocenters. The molecule has 0 aliphatic heterocycles.